The molecule has 0 saturated carbocycles. The van der Waals surface area contributed by atoms with Crippen LogP contribution < -0.4 is 9.47 Å². The van der Waals surface area contributed by atoms with Crippen molar-refractivity contribution in [3.8, 4) is 11.5 Å². The standard InChI is InChI=1S/C10H12O3.CH4/c1-12-9-3-5-10(6-4-9)13-8-2-7-11;/h3-7H,2,8H2,1H3;1H4. The molecule has 3 heteroatoms. The van der Waals surface area contributed by atoms with E-state index >= 15 is 0 Å². The molecule has 0 N–H and O–H groups in total. The molecule has 0 aliphatic rings. The number of hydrogen-bond donors (Lipinski definition) is 0. The summed E-state index contributed by atoms with van der Waals surface area (Å²) in [6.07, 6.45) is 1.26. The van der Waals surface area contributed by atoms with Crippen LogP contribution in [-0.4, -0.2) is 20.0 Å². The molecule has 3 nitrogen and oxygen atoms in total. The number of hydrogen-bond acceptors (Lipinski definition) is 3. The second-order valence-corrected chi connectivity index (χ2v) is 2.48. The van der Waals surface area contributed by atoms with Gasteiger partial charge in [0.25, 0.3) is 0 Å². The topological polar surface area (TPSA) is 35.5 Å². The van der Waals surface area contributed by atoms with Gasteiger partial charge in [0.05, 0.1) is 13.7 Å². The lowest BCUT2D eigenvalue weighted by atomic mass is 10.3. The number of carbonyl (C=O) groups is 1. The van der Waals surface area contributed by atoms with Gasteiger partial charge >= 0.3 is 0 Å². The minimum Gasteiger partial charge on any atom is -0.497 e. The van der Waals surface area contributed by atoms with Crippen LogP contribution in [0.1, 0.15) is 13.8 Å². The van der Waals surface area contributed by atoms with Gasteiger partial charge in [-0.05, 0) is 24.3 Å². The molecular weight excluding hydrogens is 180 g/mol. The molecule has 0 amide bonds. The molecular formula is C11H16O3. The van der Waals surface area contributed by atoms with Crippen LogP contribution in [0, 0.1) is 0 Å². The first-order chi connectivity index (χ1) is 6.36. The Morgan fingerprint density at radius 1 is 1.21 bits per heavy atom. The molecule has 14 heavy (non-hydrogen) atoms. The van der Waals surface area contributed by atoms with E-state index in [0.717, 1.165) is 17.8 Å². The van der Waals surface area contributed by atoms with Gasteiger partial charge in [0.15, 0.2) is 0 Å². The third kappa shape index (κ3) is 3.94. The first kappa shape index (κ1) is 12.5. The minimum absolute atomic E-state index is 0. The first-order valence-corrected chi connectivity index (χ1v) is 4.07. The van der Waals surface area contributed by atoms with Crippen molar-refractivity contribution in [1.82, 2.24) is 0 Å². The molecule has 0 fully saturated rings. The molecule has 0 saturated heterocycles. The van der Waals surface area contributed by atoms with Crippen LogP contribution in [0.3, 0.4) is 0 Å². The van der Waals surface area contributed by atoms with E-state index in [-0.39, 0.29) is 7.43 Å². The van der Waals surface area contributed by atoms with Gasteiger partial charge in [-0.1, -0.05) is 7.43 Å². The summed E-state index contributed by atoms with van der Waals surface area (Å²) in [4.78, 5) is 10.00. The maximum atomic E-state index is 10.00. The average molecular weight is 196 g/mol. The van der Waals surface area contributed by atoms with Crippen LogP contribution >= 0.6 is 0 Å². The van der Waals surface area contributed by atoms with Crippen molar-refractivity contribution in [3.05, 3.63) is 24.3 Å². The highest BCUT2D eigenvalue weighted by Crippen LogP contribution is 2.16. The average Bonchev–Trinajstić information content (AvgIpc) is 2.19. The zero-order valence-electron chi connectivity index (χ0n) is 7.53. The highest BCUT2D eigenvalue weighted by Gasteiger charge is 1.93. The summed E-state index contributed by atoms with van der Waals surface area (Å²) in [5, 5.41) is 0. The fourth-order valence-corrected chi connectivity index (χ4v) is 0.897. The molecule has 78 valence electrons. The predicted molar refractivity (Wildman–Crippen MR) is 55.9 cm³/mol. The molecule has 0 aliphatic heterocycles. The van der Waals surface area contributed by atoms with Crippen molar-refractivity contribution in [2.45, 2.75) is 13.8 Å². The van der Waals surface area contributed by atoms with Crippen molar-refractivity contribution in [2.24, 2.45) is 0 Å². The maximum absolute atomic E-state index is 10.00. The number of carbonyl (C=O) groups excluding carboxylic acids is 1. The Hall–Kier alpha value is -1.51. The Morgan fingerprint density at radius 3 is 2.29 bits per heavy atom. The zero-order chi connectivity index (χ0) is 9.52. The highest BCUT2D eigenvalue weighted by atomic mass is 16.5. The molecule has 0 atom stereocenters. The summed E-state index contributed by atoms with van der Waals surface area (Å²) < 4.78 is 10.2. The molecule has 0 radical (unpaired) electrons. The Morgan fingerprint density at radius 2 is 1.79 bits per heavy atom. The lowest BCUT2D eigenvalue weighted by molar-refractivity contribution is -0.108. The second kappa shape index (κ2) is 6.95. The van der Waals surface area contributed by atoms with Gasteiger partial charge in [0, 0.05) is 6.42 Å². The van der Waals surface area contributed by atoms with Gasteiger partial charge in [0.2, 0.25) is 0 Å². The van der Waals surface area contributed by atoms with Crippen molar-refractivity contribution < 1.29 is 14.3 Å². The Balaban J connectivity index is 0.00000169. The largest absolute Gasteiger partial charge is 0.497 e. The van der Waals surface area contributed by atoms with E-state index < -0.39 is 0 Å². The Kier molecular flexibility index (Phi) is 6.20. The van der Waals surface area contributed by atoms with Crippen molar-refractivity contribution >= 4 is 6.29 Å². The van der Waals surface area contributed by atoms with Gasteiger partial charge in [-0.2, -0.15) is 0 Å². The van der Waals surface area contributed by atoms with Crippen molar-refractivity contribution in [1.29, 1.82) is 0 Å². The normalized spacial score (nSPS) is 8.64. The summed E-state index contributed by atoms with van der Waals surface area (Å²) >= 11 is 0. The van der Waals surface area contributed by atoms with Crippen molar-refractivity contribution in [3.63, 3.8) is 0 Å². The maximum Gasteiger partial charge on any atom is 0.123 e. The molecule has 0 unspecified atom stereocenters. The summed E-state index contributed by atoms with van der Waals surface area (Å²) in [5.41, 5.74) is 0. The number of aldehydes is 1. The van der Waals surface area contributed by atoms with Gasteiger partial charge in [-0.25, -0.2) is 0 Å². The van der Waals surface area contributed by atoms with Gasteiger partial charge < -0.3 is 14.3 Å². The number of rotatable bonds is 5. The lowest BCUT2D eigenvalue weighted by Crippen LogP contribution is -1.97. The summed E-state index contributed by atoms with van der Waals surface area (Å²) in [7, 11) is 1.61. The molecule has 1 aromatic rings. The summed E-state index contributed by atoms with van der Waals surface area (Å²) in [6, 6.07) is 7.25. The monoisotopic (exact) mass is 196 g/mol. The lowest BCUT2D eigenvalue weighted by Gasteiger charge is -2.04. The van der Waals surface area contributed by atoms with E-state index in [1.165, 1.54) is 0 Å². The molecule has 1 rings (SSSR count). The van der Waals surface area contributed by atoms with Crippen LogP contribution in [0.2, 0.25) is 0 Å². The fraction of sp³-hybridized carbons (Fsp3) is 0.364. The highest BCUT2D eigenvalue weighted by molar-refractivity contribution is 5.49. The Bertz CT molecular complexity index is 254. The first-order valence-electron chi connectivity index (χ1n) is 4.07. The SMILES string of the molecule is C.COc1ccc(OCCC=O)cc1. The van der Waals surface area contributed by atoms with E-state index in [1.54, 1.807) is 7.11 Å². The molecule has 0 bridgehead atoms. The molecule has 0 aliphatic carbocycles. The van der Waals surface area contributed by atoms with Gasteiger partial charge in [0.1, 0.15) is 17.8 Å². The third-order valence-corrected chi connectivity index (χ3v) is 1.56. The molecule has 0 heterocycles. The van der Waals surface area contributed by atoms with E-state index in [0.29, 0.717) is 13.0 Å². The van der Waals surface area contributed by atoms with Crippen molar-refractivity contribution in [2.75, 3.05) is 13.7 Å². The second-order valence-electron chi connectivity index (χ2n) is 2.48. The molecule has 0 spiro atoms. The minimum atomic E-state index is 0. The van der Waals surface area contributed by atoms with Gasteiger partial charge in [-0.3, -0.25) is 0 Å². The number of ether oxygens (including phenoxy) is 2. The summed E-state index contributed by atoms with van der Waals surface area (Å²) in [5.74, 6) is 1.55. The smallest absolute Gasteiger partial charge is 0.123 e. The molecule has 1 aromatic carbocycles. The number of methoxy groups -OCH3 is 1. The van der Waals surface area contributed by atoms with Crippen LogP contribution in [0.15, 0.2) is 24.3 Å². The van der Waals surface area contributed by atoms with E-state index in [1.807, 2.05) is 24.3 Å². The van der Waals surface area contributed by atoms with E-state index in [2.05, 4.69) is 0 Å². The van der Waals surface area contributed by atoms with Crippen LogP contribution in [-0.2, 0) is 4.79 Å². The van der Waals surface area contributed by atoms with Crippen LogP contribution in [0.5, 0.6) is 11.5 Å². The summed E-state index contributed by atoms with van der Waals surface area (Å²) in [6.45, 7) is 0.426. The van der Waals surface area contributed by atoms with E-state index in [9.17, 15) is 4.79 Å². The van der Waals surface area contributed by atoms with Crippen LogP contribution in [0.25, 0.3) is 0 Å². The van der Waals surface area contributed by atoms with Crippen LogP contribution in [0.4, 0.5) is 0 Å². The number of benzene rings is 1. The molecule has 0 aromatic heterocycles. The van der Waals surface area contributed by atoms with E-state index in [4.69, 9.17) is 9.47 Å². The zero-order valence-corrected chi connectivity index (χ0v) is 7.53. The third-order valence-electron chi connectivity index (χ3n) is 1.56. The Labute approximate surface area is 84.7 Å². The predicted octanol–water partition coefficient (Wildman–Crippen LogP) is 2.30. The fourth-order valence-electron chi connectivity index (χ4n) is 0.897. The van der Waals surface area contributed by atoms with Gasteiger partial charge in [-0.15, -0.1) is 0 Å². The quantitative estimate of drug-likeness (QED) is 0.535.